The molecule has 0 amide bonds. The molecule has 0 saturated heterocycles. The Morgan fingerprint density at radius 2 is 2.06 bits per heavy atom. The predicted molar refractivity (Wildman–Crippen MR) is 75.1 cm³/mol. The van der Waals surface area contributed by atoms with Gasteiger partial charge in [-0.3, -0.25) is 4.79 Å². The highest BCUT2D eigenvalue weighted by Gasteiger charge is 2.19. The van der Waals surface area contributed by atoms with Crippen molar-refractivity contribution >= 4 is 40.0 Å². The molecule has 0 aliphatic heterocycles. The average Bonchev–Trinajstić information content (AvgIpc) is 2.74. The smallest absolute Gasteiger partial charge is 0.163 e. The molecule has 16 heavy (non-hydrogen) atoms. The van der Waals surface area contributed by atoms with Gasteiger partial charge in [-0.25, -0.2) is 0 Å². The Labute approximate surface area is 115 Å². The van der Waals surface area contributed by atoms with Crippen LogP contribution in [0.2, 0.25) is 5.02 Å². The zero-order valence-electron chi connectivity index (χ0n) is 9.01. The summed E-state index contributed by atoms with van der Waals surface area (Å²) < 4.78 is 0.997. The van der Waals surface area contributed by atoms with Crippen molar-refractivity contribution in [3.05, 3.63) is 32.4 Å². The van der Waals surface area contributed by atoms with Crippen molar-refractivity contribution in [2.24, 2.45) is 5.92 Å². The summed E-state index contributed by atoms with van der Waals surface area (Å²) in [5, 5.41) is 0.679. The number of halogens is 2. The van der Waals surface area contributed by atoms with Crippen molar-refractivity contribution in [3.63, 3.8) is 0 Å². The van der Waals surface area contributed by atoms with E-state index in [2.05, 4.69) is 22.6 Å². The zero-order chi connectivity index (χ0) is 11.5. The van der Waals surface area contributed by atoms with E-state index in [1.54, 1.807) is 6.07 Å². The molecule has 86 valence electrons. The van der Waals surface area contributed by atoms with Crippen LogP contribution in [0.25, 0.3) is 0 Å². The van der Waals surface area contributed by atoms with Crippen LogP contribution in [0.4, 0.5) is 0 Å². The molecule has 0 N–H and O–H groups in total. The number of carbonyl (C=O) groups is 1. The summed E-state index contributed by atoms with van der Waals surface area (Å²) in [5.74, 6) is 0.843. The molecule has 1 aromatic carbocycles. The second-order valence-electron chi connectivity index (χ2n) is 4.41. The van der Waals surface area contributed by atoms with E-state index in [-0.39, 0.29) is 5.78 Å². The Kier molecular flexibility index (Phi) is 4.25. The minimum Gasteiger partial charge on any atom is -0.294 e. The lowest BCUT2D eigenvalue weighted by molar-refractivity contribution is 0.0962. The van der Waals surface area contributed by atoms with Gasteiger partial charge in [0.05, 0.1) is 5.02 Å². The van der Waals surface area contributed by atoms with Gasteiger partial charge in [-0.05, 0) is 40.6 Å². The number of hydrogen-bond acceptors (Lipinski definition) is 1. The minimum absolute atomic E-state index is 0.241. The number of benzene rings is 1. The van der Waals surface area contributed by atoms with Crippen molar-refractivity contribution in [1.82, 2.24) is 0 Å². The molecule has 0 heterocycles. The molecule has 1 aromatic rings. The third-order valence-corrected chi connectivity index (χ3v) is 4.76. The van der Waals surface area contributed by atoms with E-state index in [0.717, 1.165) is 9.13 Å². The van der Waals surface area contributed by atoms with Gasteiger partial charge in [0, 0.05) is 15.6 Å². The molecular formula is C13H14ClIO. The highest BCUT2D eigenvalue weighted by atomic mass is 127. The van der Waals surface area contributed by atoms with Gasteiger partial charge in [-0.2, -0.15) is 0 Å². The zero-order valence-corrected chi connectivity index (χ0v) is 11.9. The Bertz CT molecular complexity index is 397. The molecule has 3 heteroatoms. The molecule has 0 spiro atoms. The van der Waals surface area contributed by atoms with E-state index in [1.807, 2.05) is 12.1 Å². The number of rotatable bonds is 3. The van der Waals surface area contributed by atoms with Crippen LogP contribution in [0, 0.1) is 9.49 Å². The van der Waals surface area contributed by atoms with Crippen LogP contribution in [0.5, 0.6) is 0 Å². The Morgan fingerprint density at radius 3 is 2.69 bits per heavy atom. The number of hydrogen-bond donors (Lipinski definition) is 0. The molecule has 1 fully saturated rings. The molecule has 0 radical (unpaired) electrons. The van der Waals surface area contributed by atoms with Crippen LogP contribution in [0.15, 0.2) is 18.2 Å². The highest BCUT2D eigenvalue weighted by molar-refractivity contribution is 14.1. The van der Waals surface area contributed by atoms with Gasteiger partial charge in [0.1, 0.15) is 0 Å². The third-order valence-electron chi connectivity index (χ3n) is 3.19. The van der Waals surface area contributed by atoms with Crippen LogP contribution >= 0.6 is 34.2 Å². The second-order valence-corrected chi connectivity index (χ2v) is 5.98. The van der Waals surface area contributed by atoms with Crippen LogP contribution < -0.4 is 0 Å². The normalized spacial score (nSPS) is 16.6. The Hall–Kier alpha value is -0.0900. The van der Waals surface area contributed by atoms with Crippen molar-refractivity contribution in [2.45, 2.75) is 32.1 Å². The first-order valence-corrected chi connectivity index (χ1v) is 7.11. The van der Waals surface area contributed by atoms with Gasteiger partial charge in [0.25, 0.3) is 0 Å². The largest absolute Gasteiger partial charge is 0.294 e. The van der Waals surface area contributed by atoms with E-state index in [0.29, 0.717) is 17.4 Å². The van der Waals surface area contributed by atoms with Crippen LogP contribution in [-0.4, -0.2) is 5.78 Å². The third kappa shape index (κ3) is 2.98. The number of ketones is 1. The van der Waals surface area contributed by atoms with Gasteiger partial charge in [0.15, 0.2) is 5.78 Å². The van der Waals surface area contributed by atoms with Crippen molar-refractivity contribution in [3.8, 4) is 0 Å². The number of Topliss-reactive ketones (excluding diaryl/α,β-unsaturated/α-hetero) is 1. The molecule has 2 rings (SSSR count). The number of carbonyl (C=O) groups excluding carboxylic acids is 1. The minimum atomic E-state index is 0.241. The fraction of sp³-hybridized carbons (Fsp3) is 0.462. The van der Waals surface area contributed by atoms with Gasteiger partial charge < -0.3 is 0 Å². The van der Waals surface area contributed by atoms with Gasteiger partial charge >= 0.3 is 0 Å². The fourth-order valence-corrected chi connectivity index (χ4v) is 2.78. The molecular weight excluding hydrogens is 334 g/mol. The van der Waals surface area contributed by atoms with E-state index in [9.17, 15) is 4.79 Å². The summed E-state index contributed by atoms with van der Waals surface area (Å²) >= 11 is 8.19. The first-order chi connectivity index (χ1) is 7.66. The average molecular weight is 349 g/mol. The second kappa shape index (κ2) is 5.50. The molecule has 1 saturated carbocycles. The van der Waals surface area contributed by atoms with Crippen LogP contribution in [0.3, 0.4) is 0 Å². The summed E-state index contributed by atoms with van der Waals surface area (Å²) in [6, 6.07) is 5.58. The maximum Gasteiger partial charge on any atom is 0.163 e. The summed E-state index contributed by atoms with van der Waals surface area (Å²) in [7, 11) is 0. The van der Waals surface area contributed by atoms with Gasteiger partial charge in [-0.1, -0.05) is 43.4 Å². The first kappa shape index (κ1) is 12.4. The van der Waals surface area contributed by atoms with Crippen molar-refractivity contribution in [2.75, 3.05) is 0 Å². The lowest BCUT2D eigenvalue weighted by Gasteiger charge is -2.08. The monoisotopic (exact) mass is 348 g/mol. The lowest BCUT2D eigenvalue weighted by atomic mass is 9.97. The van der Waals surface area contributed by atoms with Crippen LogP contribution in [-0.2, 0) is 0 Å². The summed E-state index contributed by atoms with van der Waals surface area (Å²) in [6.45, 7) is 0. The van der Waals surface area contributed by atoms with Gasteiger partial charge in [0.2, 0.25) is 0 Å². The molecule has 1 aliphatic carbocycles. The molecule has 0 unspecified atom stereocenters. The molecule has 1 aliphatic rings. The Morgan fingerprint density at radius 1 is 1.38 bits per heavy atom. The maximum atomic E-state index is 12.0. The summed E-state index contributed by atoms with van der Waals surface area (Å²) in [5.41, 5.74) is 0.761. The van der Waals surface area contributed by atoms with E-state index < -0.39 is 0 Å². The van der Waals surface area contributed by atoms with E-state index in [1.165, 1.54) is 25.7 Å². The first-order valence-electron chi connectivity index (χ1n) is 5.65. The predicted octanol–water partition coefficient (Wildman–Crippen LogP) is 4.71. The fourth-order valence-electron chi connectivity index (χ4n) is 2.26. The molecule has 1 nitrogen and oxygen atoms in total. The SMILES string of the molecule is O=C(CC1CCCC1)c1ccc(I)c(Cl)c1. The van der Waals surface area contributed by atoms with Crippen molar-refractivity contribution in [1.29, 1.82) is 0 Å². The summed E-state index contributed by atoms with van der Waals surface area (Å²) in [4.78, 5) is 12.0. The van der Waals surface area contributed by atoms with Gasteiger partial charge in [-0.15, -0.1) is 0 Å². The van der Waals surface area contributed by atoms with Crippen molar-refractivity contribution < 1.29 is 4.79 Å². The van der Waals surface area contributed by atoms with E-state index >= 15 is 0 Å². The van der Waals surface area contributed by atoms with Crippen LogP contribution in [0.1, 0.15) is 42.5 Å². The Balaban J connectivity index is 2.05. The topological polar surface area (TPSA) is 17.1 Å². The lowest BCUT2D eigenvalue weighted by Crippen LogP contribution is -2.05. The maximum absolute atomic E-state index is 12.0. The molecule has 0 bridgehead atoms. The molecule has 0 aromatic heterocycles. The quantitative estimate of drug-likeness (QED) is 0.571. The van der Waals surface area contributed by atoms with E-state index in [4.69, 9.17) is 11.6 Å². The molecule has 0 atom stereocenters. The summed E-state index contributed by atoms with van der Waals surface area (Å²) in [6.07, 6.45) is 5.68. The highest BCUT2D eigenvalue weighted by Crippen LogP contribution is 2.29. The standard InChI is InChI=1S/C13H14ClIO/c14-11-8-10(5-6-12(11)15)13(16)7-9-3-1-2-4-9/h5-6,8-9H,1-4,7H2.